The first kappa shape index (κ1) is 19.2. The predicted octanol–water partition coefficient (Wildman–Crippen LogP) is 3.17. The maximum atomic E-state index is 12.8. The molecule has 0 aromatic heterocycles. The summed E-state index contributed by atoms with van der Waals surface area (Å²) in [5.41, 5.74) is -0.164. The van der Waals surface area contributed by atoms with Crippen LogP contribution in [0.25, 0.3) is 0 Å². The summed E-state index contributed by atoms with van der Waals surface area (Å²) in [4.78, 5) is 24.9. The number of ether oxygens (including phenoxy) is 1. The van der Waals surface area contributed by atoms with E-state index in [1.165, 1.54) is 51.4 Å². The normalized spacial score (nSPS) is 35.2. The molecule has 0 radical (unpaired) electrons. The molecule has 0 heterocycles. The number of nitrogens with one attached hydrogen (secondary N) is 2. The fourth-order valence-corrected chi connectivity index (χ4v) is 6.58. The van der Waals surface area contributed by atoms with Gasteiger partial charge in [0.2, 0.25) is 11.8 Å². The van der Waals surface area contributed by atoms with Gasteiger partial charge in [-0.2, -0.15) is 0 Å². The van der Waals surface area contributed by atoms with Gasteiger partial charge >= 0.3 is 0 Å². The molecule has 5 saturated carbocycles. The largest absolute Gasteiger partial charge is 0.378 e. The van der Waals surface area contributed by atoms with Crippen LogP contribution in [-0.4, -0.2) is 37.6 Å². The number of hydrogen-bond acceptors (Lipinski definition) is 3. The van der Waals surface area contributed by atoms with Gasteiger partial charge in [0, 0.05) is 18.6 Å². The molecule has 0 unspecified atom stereocenters. The van der Waals surface area contributed by atoms with Gasteiger partial charge < -0.3 is 15.4 Å². The fraction of sp³-hybridized carbons (Fsp3) is 0.909. The highest BCUT2D eigenvalue weighted by Gasteiger charge is 2.54. The Hall–Kier alpha value is -1.10. The van der Waals surface area contributed by atoms with Crippen LogP contribution < -0.4 is 10.6 Å². The third-order valence-electron chi connectivity index (χ3n) is 7.48. The molecule has 5 aliphatic carbocycles. The van der Waals surface area contributed by atoms with Crippen molar-refractivity contribution in [1.29, 1.82) is 0 Å². The molecule has 2 N–H and O–H groups in total. The fourth-order valence-electron chi connectivity index (χ4n) is 6.58. The van der Waals surface area contributed by atoms with Crippen LogP contribution in [-0.2, 0) is 14.3 Å². The number of hydrogen-bond donors (Lipinski definition) is 2. The van der Waals surface area contributed by atoms with Gasteiger partial charge in [-0.1, -0.05) is 19.3 Å². The monoisotopic (exact) mass is 376 g/mol. The molecule has 27 heavy (non-hydrogen) atoms. The maximum Gasteiger partial charge on any atom is 0.239 e. The van der Waals surface area contributed by atoms with E-state index in [0.29, 0.717) is 19.3 Å². The van der Waals surface area contributed by atoms with Gasteiger partial charge in [0.15, 0.2) is 0 Å². The minimum Gasteiger partial charge on any atom is -0.378 e. The number of carbonyl (C=O) groups is 2. The minimum absolute atomic E-state index is 0.0780. The number of carbonyl (C=O) groups excluding carboxylic acids is 2. The lowest BCUT2D eigenvalue weighted by molar-refractivity contribution is -0.147. The second kappa shape index (κ2) is 8.50. The van der Waals surface area contributed by atoms with Gasteiger partial charge in [-0.25, -0.2) is 0 Å². The quantitative estimate of drug-likeness (QED) is 0.640. The Bertz CT molecular complexity index is 506. The van der Waals surface area contributed by atoms with Crippen molar-refractivity contribution in [3.8, 4) is 0 Å². The van der Waals surface area contributed by atoms with Crippen LogP contribution >= 0.6 is 0 Å². The smallest absolute Gasteiger partial charge is 0.239 e. The van der Waals surface area contributed by atoms with E-state index in [4.69, 9.17) is 4.74 Å². The van der Waals surface area contributed by atoms with Gasteiger partial charge in [0.05, 0.1) is 12.6 Å². The summed E-state index contributed by atoms with van der Waals surface area (Å²) in [6.07, 6.45) is 14.7. The summed E-state index contributed by atoms with van der Waals surface area (Å²) >= 11 is 0. The van der Waals surface area contributed by atoms with Crippen molar-refractivity contribution >= 4 is 11.8 Å². The van der Waals surface area contributed by atoms with E-state index in [-0.39, 0.29) is 23.8 Å². The van der Waals surface area contributed by atoms with E-state index in [1.807, 2.05) is 0 Å². The molecule has 152 valence electrons. The van der Waals surface area contributed by atoms with Gasteiger partial charge in [0.25, 0.3) is 0 Å². The molecule has 0 saturated heterocycles. The molecule has 0 aliphatic heterocycles. The van der Waals surface area contributed by atoms with E-state index >= 15 is 0 Å². The molecule has 4 bridgehead atoms. The molecule has 5 rings (SSSR count). The molecule has 2 amide bonds. The lowest BCUT2D eigenvalue weighted by atomic mass is 9.49. The lowest BCUT2D eigenvalue weighted by Gasteiger charge is -2.55. The number of rotatable bonds is 8. The Morgan fingerprint density at radius 1 is 0.889 bits per heavy atom. The molecule has 0 aromatic carbocycles. The van der Waals surface area contributed by atoms with Crippen LogP contribution in [0.5, 0.6) is 0 Å². The van der Waals surface area contributed by atoms with Gasteiger partial charge in [-0.15, -0.1) is 0 Å². The molecule has 0 spiro atoms. The Morgan fingerprint density at radius 3 is 2.15 bits per heavy atom. The zero-order valence-electron chi connectivity index (χ0n) is 16.6. The van der Waals surface area contributed by atoms with Crippen LogP contribution in [0.4, 0.5) is 0 Å². The second-order valence-electron chi connectivity index (χ2n) is 9.71. The Kier molecular flexibility index (Phi) is 6.05. The van der Waals surface area contributed by atoms with Crippen LogP contribution in [0.1, 0.15) is 77.0 Å². The summed E-state index contributed by atoms with van der Waals surface area (Å²) in [7, 11) is 0. The summed E-state index contributed by atoms with van der Waals surface area (Å²) < 4.78 is 5.88. The summed E-state index contributed by atoms with van der Waals surface area (Å²) in [6.45, 7) is 1.45. The van der Waals surface area contributed by atoms with Crippen LogP contribution in [0.3, 0.4) is 0 Å². The predicted molar refractivity (Wildman–Crippen MR) is 104 cm³/mol. The highest BCUT2D eigenvalue weighted by atomic mass is 16.5. The van der Waals surface area contributed by atoms with Crippen molar-refractivity contribution in [2.45, 2.75) is 83.2 Å². The molecule has 0 aromatic rings. The molecule has 5 nitrogen and oxygen atoms in total. The molecular weight excluding hydrogens is 340 g/mol. The van der Waals surface area contributed by atoms with E-state index in [1.54, 1.807) is 0 Å². The maximum absolute atomic E-state index is 12.8. The SMILES string of the molecule is O=C(CNC(=O)C12CC3CC(CC(C3)C1)C2)NCCCOC1CCCCC1. The highest BCUT2D eigenvalue weighted by Crippen LogP contribution is 2.60. The minimum atomic E-state index is -0.164. The molecule has 5 heteroatoms. The van der Waals surface area contributed by atoms with Crippen molar-refractivity contribution in [1.82, 2.24) is 10.6 Å². The molecule has 5 aliphatic rings. The Labute approximate surface area is 163 Å². The first-order valence-corrected chi connectivity index (χ1v) is 11.3. The van der Waals surface area contributed by atoms with Crippen molar-refractivity contribution < 1.29 is 14.3 Å². The van der Waals surface area contributed by atoms with Crippen LogP contribution in [0, 0.1) is 23.2 Å². The van der Waals surface area contributed by atoms with Crippen molar-refractivity contribution in [3.63, 3.8) is 0 Å². The van der Waals surface area contributed by atoms with Gasteiger partial charge in [0.1, 0.15) is 0 Å². The molecule has 0 atom stereocenters. The Balaban J connectivity index is 1.11. The average Bonchev–Trinajstić information content (AvgIpc) is 2.65. The van der Waals surface area contributed by atoms with Gasteiger partial charge in [-0.05, 0) is 75.5 Å². The Morgan fingerprint density at radius 2 is 1.52 bits per heavy atom. The number of amides is 2. The third-order valence-corrected chi connectivity index (χ3v) is 7.48. The van der Waals surface area contributed by atoms with E-state index in [9.17, 15) is 9.59 Å². The van der Waals surface area contributed by atoms with Crippen molar-refractivity contribution in [2.75, 3.05) is 19.7 Å². The topological polar surface area (TPSA) is 67.4 Å². The standard InChI is InChI=1S/C22H36N2O3/c25-20(23-7-4-8-27-19-5-2-1-3-6-19)15-24-21(26)22-12-16-9-17(13-22)11-18(10-16)14-22/h16-19H,1-15H2,(H,23,25)(H,24,26). The molecular formula is C22H36N2O3. The lowest BCUT2D eigenvalue weighted by Crippen LogP contribution is -2.54. The summed E-state index contributed by atoms with van der Waals surface area (Å²) in [5.74, 6) is 2.31. The second-order valence-corrected chi connectivity index (χ2v) is 9.71. The first-order chi connectivity index (χ1) is 13.1. The van der Waals surface area contributed by atoms with E-state index in [0.717, 1.165) is 43.4 Å². The zero-order chi connectivity index (χ0) is 18.7. The van der Waals surface area contributed by atoms with E-state index in [2.05, 4.69) is 10.6 Å². The summed E-state index contributed by atoms with van der Waals surface area (Å²) in [5, 5.41) is 5.87. The summed E-state index contributed by atoms with van der Waals surface area (Å²) in [6, 6.07) is 0. The third kappa shape index (κ3) is 4.67. The van der Waals surface area contributed by atoms with Gasteiger partial charge in [-0.3, -0.25) is 9.59 Å². The first-order valence-electron chi connectivity index (χ1n) is 11.3. The van der Waals surface area contributed by atoms with Crippen molar-refractivity contribution in [3.05, 3.63) is 0 Å². The van der Waals surface area contributed by atoms with E-state index < -0.39 is 0 Å². The van der Waals surface area contributed by atoms with Crippen molar-refractivity contribution in [2.24, 2.45) is 23.2 Å². The zero-order valence-corrected chi connectivity index (χ0v) is 16.6. The van der Waals surface area contributed by atoms with Crippen LogP contribution in [0.15, 0.2) is 0 Å². The highest BCUT2D eigenvalue weighted by molar-refractivity contribution is 5.88. The molecule has 5 fully saturated rings. The van der Waals surface area contributed by atoms with Crippen LogP contribution in [0.2, 0.25) is 0 Å². The average molecular weight is 377 g/mol.